The number of furan rings is 1. The van der Waals surface area contributed by atoms with Crippen LogP contribution in [-0.2, 0) is 17.9 Å². The highest BCUT2D eigenvalue weighted by Gasteiger charge is 2.09. The summed E-state index contributed by atoms with van der Waals surface area (Å²) in [4.78, 5) is 16.3. The number of aromatic nitrogens is 1. The van der Waals surface area contributed by atoms with E-state index in [1.54, 1.807) is 41.9 Å². The van der Waals surface area contributed by atoms with Gasteiger partial charge in [0.15, 0.2) is 0 Å². The summed E-state index contributed by atoms with van der Waals surface area (Å²) in [6.45, 7) is 0.631. The molecular weight excluding hydrogens is 350 g/mol. The Hall–Kier alpha value is -3.37. The van der Waals surface area contributed by atoms with Crippen LogP contribution in [0.1, 0.15) is 17.0 Å². The Morgan fingerprint density at radius 2 is 2.19 bits per heavy atom. The molecule has 0 aliphatic rings. The zero-order valence-corrected chi connectivity index (χ0v) is 14.5. The van der Waals surface area contributed by atoms with Crippen molar-refractivity contribution in [2.75, 3.05) is 0 Å². The van der Waals surface area contributed by atoms with E-state index in [4.69, 9.17) is 9.15 Å². The lowest BCUT2D eigenvalue weighted by atomic mass is 10.1. The summed E-state index contributed by atoms with van der Waals surface area (Å²) in [5.41, 5.74) is 3.38. The third kappa shape index (κ3) is 4.82. The van der Waals surface area contributed by atoms with Gasteiger partial charge in [-0.3, -0.25) is 4.79 Å². The molecule has 130 valence electrons. The van der Waals surface area contributed by atoms with Crippen LogP contribution in [0.2, 0.25) is 0 Å². The molecule has 3 aromatic rings. The molecule has 2 aromatic heterocycles. The predicted octanol–water partition coefficient (Wildman–Crippen LogP) is 3.54. The van der Waals surface area contributed by atoms with Gasteiger partial charge in [0.2, 0.25) is 0 Å². The van der Waals surface area contributed by atoms with Gasteiger partial charge >= 0.3 is 0 Å². The quantitative estimate of drug-likeness (QED) is 0.511. The van der Waals surface area contributed by atoms with Crippen LogP contribution >= 0.6 is 11.3 Å². The van der Waals surface area contributed by atoms with E-state index >= 15 is 0 Å². The van der Waals surface area contributed by atoms with Crippen LogP contribution in [0.25, 0.3) is 6.08 Å². The number of ether oxygens (including phenoxy) is 1. The van der Waals surface area contributed by atoms with E-state index in [0.717, 1.165) is 11.3 Å². The van der Waals surface area contributed by atoms with E-state index in [0.29, 0.717) is 18.1 Å². The molecule has 0 saturated heterocycles. The largest absolute Gasteiger partial charge is 0.487 e. The smallest absolute Gasteiger partial charge is 0.262 e. The summed E-state index contributed by atoms with van der Waals surface area (Å²) in [6.07, 6.45) is 3.06. The molecule has 1 amide bonds. The van der Waals surface area contributed by atoms with Gasteiger partial charge in [-0.2, -0.15) is 5.26 Å². The summed E-state index contributed by atoms with van der Waals surface area (Å²) in [6, 6.07) is 12.5. The molecule has 2 heterocycles. The fourth-order valence-corrected chi connectivity index (χ4v) is 2.66. The maximum absolute atomic E-state index is 12.1. The summed E-state index contributed by atoms with van der Waals surface area (Å²) >= 11 is 1.52. The van der Waals surface area contributed by atoms with Crippen molar-refractivity contribution < 1.29 is 13.9 Å². The number of thiazole rings is 1. The van der Waals surface area contributed by atoms with Gasteiger partial charge in [0.05, 0.1) is 24.0 Å². The number of benzene rings is 1. The van der Waals surface area contributed by atoms with E-state index in [1.165, 1.54) is 23.7 Å². The van der Waals surface area contributed by atoms with Crippen LogP contribution < -0.4 is 10.1 Å². The molecule has 0 spiro atoms. The molecule has 0 atom stereocenters. The van der Waals surface area contributed by atoms with Gasteiger partial charge in [-0.25, -0.2) is 4.98 Å². The van der Waals surface area contributed by atoms with Gasteiger partial charge in [0.1, 0.15) is 29.8 Å². The van der Waals surface area contributed by atoms with E-state index in [-0.39, 0.29) is 12.1 Å². The molecule has 0 fully saturated rings. The van der Waals surface area contributed by atoms with E-state index in [1.807, 2.05) is 11.4 Å². The molecule has 3 rings (SSSR count). The number of amides is 1. The highest BCUT2D eigenvalue weighted by atomic mass is 32.1. The average molecular weight is 365 g/mol. The molecule has 0 aliphatic heterocycles. The molecule has 0 saturated carbocycles. The fraction of sp³-hybridized carbons (Fsp3) is 0.105. The molecule has 6 nitrogen and oxygen atoms in total. The zero-order chi connectivity index (χ0) is 18.2. The topological polar surface area (TPSA) is 88.1 Å². The van der Waals surface area contributed by atoms with Crippen molar-refractivity contribution in [1.29, 1.82) is 5.26 Å². The summed E-state index contributed by atoms with van der Waals surface area (Å²) < 4.78 is 10.8. The Morgan fingerprint density at radius 1 is 1.35 bits per heavy atom. The molecule has 1 N–H and O–H groups in total. The first-order valence-corrected chi connectivity index (χ1v) is 8.71. The van der Waals surface area contributed by atoms with Crippen molar-refractivity contribution in [2.24, 2.45) is 0 Å². The maximum Gasteiger partial charge on any atom is 0.262 e. The fourth-order valence-electron chi connectivity index (χ4n) is 2.12. The van der Waals surface area contributed by atoms with Gasteiger partial charge in [-0.15, -0.1) is 11.3 Å². The Kier molecular flexibility index (Phi) is 5.80. The van der Waals surface area contributed by atoms with Crippen molar-refractivity contribution in [3.05, 3.63) is 76.1 Å². The third-order valence-corrected chi connectivity index (χ3v) is 4.06. The lowest BCUT2D eigenvalue weighted by molar-refractivity contribution is -0.117. The molecule has 1 aromatic carbocycles. The van der Waals surface area contributed by atoms with Gasteiger partial charge in [0.25, 0.3) is 5.91 Å². The minimum atomic E-state index is -0.451. The summed E-state index contributed by atoms with van der Waals surface area (Å²) in [7, 11) is 0. The van der Waals surface area contributed by atoms with Crippen molar-refractivity contribution in [3.8, 4) is 11.8 Å². The molecular formula is C19H15N3O3S. The number of hydrogen-bond acceptors (Lipinski definition) is 6. The predicted molar refractivity (Wildman–Crippen MR) is 97.0 cm³/mol. The van der Waals surface area contributed by atoms with Crippen LogP contribution in [0, 0.1) is 11.3 Å². The third-order valence-electron chi connectivity index (χ3n) is 3.43. The highest BCUT2D eigenvalue weighted by Crippen LogP contribution is 2.16. The number of nitrogens with zero attached hydrogens (tertiary/aromatic N) is 2. The SMILES string of the molecule is N#C/C(=C\c1ccc(OCc2cscn2)cc1)C(=O)NCc1ccco1. The lowest BCUT2D eigenvalue weighted by Gasteiger charge is -2.05. The number of carbonyl (C=O) groups excluding carboxylic acids is 1. The van der Waals surface area contributed by atoms with E-state index in [9.17, 15) is 10.1 Å². The number of carbonyl (C=O) groups is 1. The average Bonchev–Trinajstić information content (AvgIpc) is 3.37. The molecule has 0 unspecified atom stereocenters. The Morgan fingerprint density at radius 3 is 2.85 bits per heavy atom. The van der Waals surface area contributed by atoms with Crippen LogP contribution in [0.5, 0.6) is 5.75 Å². The van der Waals surface area contributed by atoms with Crippen molar-refractivity contribution in [2.45, 2.75) is 13.2 Å². The molecule has 7 heteroatoms. The monoisotopic (exact) mass is 365 g/mol. The number of nitriles is 1. The van der Waals surface area contributed by atoms with Crippen LogP contribution in [-0.4, -0.2) is 10.9 Å². The van der Waals surface area contributed by atoms with Gasteiger partial charge in [-0.05, 0) is 35.9 Å². The first-order chi connectivity index (χ1) is 12.7. The van der Waals surface area contributed by atoms with Crippen molar-refractivity contribution >= 4 is 23.3 Å². The molecule has 0 radical (unpaired) electrons. The normalized spacial score (nSPS) is 11.0. The van der Waals surface area contributed by atoms with Gasteiger partial charge < -0.3 is 14.5 Å². The first-order valence-electron chi connectivity index (χ1n) is 7.77. The van der Waals surface area contributed by atoms with E-state index < -0.39 is 5.91 Å². The van der Waals surface area contributed by atoms with Crippen LogP contribution in [0.3, 0.4) is 0 Å². The lowest BCUT2D eigenvalue weighted by Crippen LogP contribution is -2.23. The second-order valence-corrected chi connectivity index (χ2v) is 5.99. The van der Waals surface area contributed by atoms with Gasteiger partial charge in [0, 0.05) is 5.38 Å². The first kappa shape index (κ1) is 17.5. The van der Waals surface area contributed by atoms with Crippen LogP contribution in [0.15, 0.2) is 63.5 Å². The molecule has 26 heavy (non-hydrogen) atoms. The number of rotatable bonds is 7. The minimum Gasteiger partial charge on any atom is -0.487 e. The Labute approximate surface area is 154 Å². The van der Waals surface area contributed by atoms with Gasteiger partial charge in [-0.1, -0.05) is 12.1 Å². The Balaban J connectivity index is 1.59. The van der Waals surface area contributed by atoms with Crippen molar-refractivity contribution in [3.63, 3.8) is 0 Å². The summed E-state index contributed by atoms with van der Waals surface area (Å²) in [5, 5.41) is 13.8. The molecule has 0 bridgehead atoms. The maximum atomic E-state index is 12.1. The van der Waals surface area contributed by atoms with Crippen molar-refractivity contribution in [1.82, 2.24) is 10.3 Å². The summed E-state index contributed by atoms with van der Waals surface area (Å²) in [5.74, 6) is 0.862. The second-order valence-electron chi connectivity index (χ2n) is 5.27. The number of nitrogens with one attached hydrogen (secondary N) is 1. The van der Waals surface area contributed by atoms with E-state index in [2.05, 4.69) is 10.3 Å². The second kappa shape index (κ2) is 8.65. The highest BCUT2D eigenvalue weighted by molar-refractivity contribution is 7.07. The minimum absolute atomic E-state index is 0.0210. The zero-order valence-electron chi connectivity index (χ0n) is 13.7. The molecule has 0 aliphatic carbocycles. The number of hydrogen-bond donors (Lipinski definition) is 1. The Bertz CT molecular complexity index is 908. The standard InChI is InChI=1S/C19H15N3O3S/c20-9-15(19(23)21-10-18-2-1-7-24-18)8-14-3-5-17(6-4-14)25-11-16-12-26-13-22-16/h1-8,12-13H,10-11H2,(H,21,23)/b15-8+. The van der Waals surface area contributed by atoms with Crippen LogP contribution in [0.4, 0.5) is 0 Å².